The van der Waals surface area contributed by atoms with E-state index in [1.807, 2.05) is 41.3 Å². The summed E-state index contributed by atoms with van der Waals surface area (Å²) in [5.41, 5.74) is 2.16. The van der Waals surface area contributed by atoms with Crippen molar-refractivity contribution in [3.05, 3.63) is 71.8 Å². The molecular formula is C33H31ClF2N6O2. The van der Waals surface area contributed by atoms with Gasteiger partial charge in [-0.3, -0.25) is 4.79 Å². The van der Waals surface area contributed by atoms with E-state index < -0.39 is 23.6 Å². The first-order valence-electron chi connectivity index (χ1n) is 14.5. The van der Waals surface area contributed by atoms with Crippen LogP contribution in [0.25, 0.3) is 32.8 Å². The fourth-order valence-corrected chi connectivity index (χ4v) is 6.50. The van der Waals surface area contributed by atoms with Crippen LogP contribution in [0.5, 0.6) is 6.01 Å². The molecule has 0 spiro atoms. The number of ether oxygens (including phenoxy) is 1. The van der Waals surface area contributed by atoms with Crippen molar-refractivity contribution in [2.24, 2.45) is 0 Å². The smallest absolute Gasteiger partial charge is 0.319 e. The predicted molar refractivity (Wildman–Crippen MR) is 167 cm³/mol. The number of rotatable bonds is 7. The fourth-order valence-electron chi connectivity index (χ4n) is 6.23. The van der Waals surface area contributed by atoms with Crippen LogP contribution in [0.1, 0.15) is 19.3 Å². The van der Waals surface area contributed by atoms with Gasteiger partial charge in [0, 0.05) is 36.4 Å². The number of nitrogens with zero attached hydrogens (tertiary/aromatic N) is 6. The molecule has 2 aliphatic heterocycles. The lowest BCUT2D eigenvalue weighted by Crippen LogP contribution is -2.55. The molecule has 2 saturated heterocycles. The van der Waals surface area contributed by atoms with Gasteiger partial charge in [0.05, 0.1) is 29.1 Å². The molecule has 3 heterocycles. The third-order valence-electron chi connectivity index (χ3n) is 8.58. The number of hydrogen-bond acceptors (Lipinski definition) is 7. The molecule has 0 radical (unpaired) electrons. The lowest BCUT2D eigenvalue weighted by atomic mass is 9.97. The van der Waals surface area contributed by atoms with Crippen LogP contribution < -0.4 is 9.64 Å². The number of carbonyl (C=O) groups excluding carboxylic acids is 1. The first kappa shape index (κ1) is 29.7. The van der Waals surface area contributed by atoms with E-state index in [-0.39, 0.29) is 36.6 Å². The Hall–Kier alpha value is -4.33. The largest absolute Gasteiger partial charge is 0.462 e. The first-order chi connectivity index (χ1) is 21.2. The number of benzene rings is 3. The van der Waals surface area contributed by atoms with Crippen LogP contribution in [0.2, 0.25) is 5.02 Å². The Kier molecular flexibility index (Phi) is 8.34. The summed E-state index contributed by atoms with van der Waals surface area (Å²) in [6, 6.07) is 16.5. The summed E-state index contributed by atoms with van der Waals surface area (Å²) in [4.78, 5) is 27.7. The summed E-state index contributed by atoms with van der Waals surface area (Å²) >= 11 is 6.45. The van der Waals surface area contributed by atoms with E-state index in [2.05, 4.69) is 24.6 Å². The topological polar surface area (TPSA) is 85.6 Å². The van der Waals surface area contributed by atoms with Gasteiger partial charge < -0.3 is 19.4 Å². The lowest BCUT2D eigenvalue weighted by molar-refractivity contribution is -0.131. The van der Waals surface area contributed by atoms with Gasteiger partial charge in [0.2, 0.25) is 0 Å². The number of anilines is 1. The monoisotopic (exact) mass is 616 g/mol. The van der Waals surface area contributed by atoms with Crippen molar-refractivity contribution in [1.29, 1.82) is 5.26 Å². The molecule has 226 valence electrons. The summed E-state index contributed by atoms with van der Waals surface area (Å²) < 4.78 is 34.5. The zero-order valence-electron chi connectivity index (χ0n) is 24.3. The molecule has 0 N–H and O–H groups in total. The number of fused-ring (bicyclic) bond motifs is 2. The fraction of sp³-hybridized carbons (Fsp3) is 0.333. The van der Waals surface area contributed by atoms with Crippen LogP contribution in [0.3, 0.4) is 0 Å². The molecule has 3 aromatic carbocycles. The Labute approximate surface area is 259 Å². The minimum atomic E-state index is -1.05. The van der Waals surface area contributed by atoms with Crippen LogP contribution >= 0.6 is 11.6 Å². The van der Waals surface area contributed by atoms with Gasteiger partial charge in [0.25, 0.3) is 5.91 Å². The average Bonchev–Trinajstić information content (AvgIpc) is 3.44. The molecule has 2 unspecified atom stereocenters. The molecule has 2 fully saturated rings. The number of amides is 1. The molecule has 44 heavy (non-hydrogen) atoms. The number of likely N-dealkylation sites (tertiary alicyclic amines) is 1. The summed E-state index contributed by atoms with van der Waals surface area (Å²) in [6.07, 6.45) is 2.14. The summed E-state index contributed by atoms with van der Waals surface area (Å²) in [5.74, 6) is -1.77. The molecular weight excluding hydrogens is 586 g/mol. The molecule has 6 rings (SSSR count). The van der Waals surface area contributed by atoms with E-state index >= 15 is 0 Å². The van der Waals surface area contributed by atoms with Gasteiger partial charge >= 0.3 is 6.01 Å². The van der Waals surface area contributed by atoms with Crippen LogP contribution in [0, 0.1) is 17.1 Å². The van der Waals surface area contributed by atoms with Crippen molar-refractivity contribution in [2.45, 2.75) is 31.3 Å². The van der Waals surface area contributed by atoms with E-state index in [1.54, 1.807) is 6.07 Å². The maximum absolute atomic E-state index is 14.5. The molecule has 4 aromatic rings. The normalized spacial score (nSPS) is 19.0. The standard InChI is InChI=1S/C33H31ClF2N6O2/c1-20(35)32(43)42-16-15-41(18-23(42)12-13-37)31-26-10-8-22(25-7-3-5-21-9-11-27(36)30(34)29(21)25)17-28(26)38-33(39-31)44-19-24-6-4-14-40(24)2/h3,5,7-11,17,23-24H,1,4,6,12,14-16,18-19H2,2H3. The highest BCUT2D eigenvalue weighted by molar-refractivity contribution is 6.36. The van der Waals surface area contributed by atoms with Gasteiger partial charge in [-0.15, -0.1) is 0 Å². The van der Waals surface area contributed by atoms with Gasteiger partial charge in [0.15, 0.2) is 5.83 Å². The molecule has 2 aliphatic rings. The number of halogens is 3. The zero-order valence-corrected chi connectivity index (χ0v) is 25.0. The minimum Gasteiger partial charge on any atom is -0.462 e. The zero-order chi connectivity index (χ0) is 31.0. The maximum atomic E-state index is 14.5. The van der Waals surface area contributed by atoms with Crippen LogP contribution in [-0.2, 0) is 4.79 Å². The van der Waals surface area contributed by atoms with Crippen LogP contribution in [-0.4, -0.2) is 77.6 Å². The third-order valence-corrected chi connectivity index (χ3v) is 8.95. The van der Waals surface area contributed by atoms with E-state index in [0.717, 1.165) is 41.3 Å². The first-order valence-corrected chi connectivity index (χ1v) is 14.9. The lowest BCUT2D eigenvalue weighted by Gasteiger charge is -2.41. The highest BCUT2D eigenvalue weighted by Crippen LogP contribution is 2.38. The molecule has 11 heteroatoms. The molecule has 1 amide bonds. The summed E-state index contributed by atoms with van der Waals surface area (Å²) in [5, 5.41) is 11.7. The minimum absolute atomic E-state index is 0.0262. The van der Waals surface area contributed by atoms with Crippen LogP contribution in [0.15, 0.2) is 60.9 Å². The van der Waals surface area contributed by atoms with Gasteiger partial charge in [0.1, 0.15) is 18.2 Å². The molecule has 0 aliphatic carbocycles. The number of nitriles is 1. The maximum Gasteiger partial charge on any atom is 0.319 e. The molecule has 0 bridgehead atoms. The Bertz CT molecular complexity index is 1810. The van der Waals surface area contributed by atoms with Crippen molar-refractivity contribution in [3.8, 4) is 23.2 Å². The number of aromatic nitrogens is 2. The Morgan fingerprint density at radius 3 is 2.75 bits per heavy atom. The second kappa shape index (κ2) is 12.3. The second-order valence-corrected chi connectivity index (χ2v) is 11.7. The number of hydrogen-bond donors (Lipinski definition) is 0. The van der Waals surface area contributed by atoms with E-state index in [0.29, 0.717) is 29.9 Å². The summed E-state index contributed by atoms with van der Waals surface area (Å²) in [6.45, 7) is 5.40. The highest BCUT2D eigenvalue weighted by atomic mass is 35.5. The van der Waals surface area contributed by atoms with Crippen molar-refractivity contribution < 1.29 is 18.3 Å². The van der Waals surface area contributed by atoms with E-state index in [1.165, 1.54) is 11.0 Å². The van der Waals surface area contributed by atoms with E-state index in [9.17, 15) is 18.8 Å². The highest BCUT2D eigenvalue weighted by Gasteiger charge is 2.33. The number of piperazine rings is 1. The van der Waals surface area contributed by atoms with Crippen molar-refractivity contribution in [2.75, 3.05) is 44.7 Å². The van der Waals surface area contributed by atoms with Crippen molar-refractivity contribution in [3.63, 3.8) is 0 Å². The van der Waals surface area contributed by atoms with Crippen molar-refractivity contribution in [1.82, 2.24) is 19.8 Å². The number of carbonyl (C=O) groups is 1. The third kappa shape index (κ3) is 5.65. The molecule has 8 nitrogen and oxygen atoms in total. The van der Waals surface area contributed by atoms with Gasteiger partial charge in [-0.1, -0.05) is 48.5 Å². The molecule has 1 aromatic heterocycles. The Balaban J connectivity index is 1.43. The molecule has 0 saturated carbocycles. The molecule has 2 atom stereocenters. The van der Waals surface area contributed by atoms with Gasteiger partial charge in [-0.2, -0.15) is 15.2 Å². The number of likely N-dealkylation sites (N-methyl/N-ethyl adjacent to an activating group) is 1. The summed E-state index contributed by atoms with van der Waals surface area (Å²) in [7, 11) is 2.07. The quantitative estimate of drug-likeness (QED) is 0.231. The van der Waals surface area contributed by atoms with E-state index in [4.69, 9.17) is 26.3 Å². The van der Waals surface area contributed by atoms with Gasteiger partial charge in [-0.25, -0.2) is 8.78 Å². The predicted octanol–water partition coefficient (Wildman–Crippen LogP) is 6.13. The Morgan fingerprint density at radius 2 is 2.00 bits per heavy atom. The van der Waals surface area contributed by atoms with Gasteiger partial charge in [-0.05, 0) is 61.1 Å². The van der Waals surface area contributed by atoms with Crippen molar-refractivity contribution >= 4 is 45.0 Å². The Morgan fingerprint density at radius 1 is 1.16 bits per heavy atom. The average molecular weight is 617 g/mol. The SMILES string of the molecule is C=C(F)C(=O)N1CCN(c2nc(OCC3CCCN3C)nc3cc(-c4cccc5ccc(F)c(Cl)c45)ccc23)CC1CC#N. The van der Waals surface area contributed by atoms with Crippen LogP contribution in [0.4, 0.5) is 14.6 Å². The second-order valence-electron chi connectivity index (χ2n) is 11.3.